The highest BCUT2D eigenvalue weighted by molar-refractivity contribution is 7.86. The van der Waals surface area contributed by atoms with Gasteiger partial charge in [0.05, 0.1) is 6.61 Å². The van der Waals surface area contributed by atoms with Crippen molar-refractivity contribution in [3.63, 3.8) is 0 Å². The summed E-state index contributed by atoms with van der Waals surface area (Å²) >= 11 is 0. The molecular weight excluding hydrogens is 254 g/mol. The van der Waals surface area contributed by atoms with Gasteiger partial charge in [0, 0.05) is 46.3 Å². The summed E-state index contributed by atoms with van der Waals surface area (Å²) < 4.78 is 27.5. The van der Waals surface area contributed by atoms with E-state index in [4.69, 9.17) is 5.11 Å². The van der Waals surface area contributed by atoms with Gasteiger partial charge in [-0.15, -0.1) is 0 Å². The van der Waals surface area contributed by atoms with Crippen LogP contribution in [0.25, 0.3) is 0 Å². The molecule has 1 N–H and O–H groups in total. The quantitative estimate of drug-likeness (QED) is 0.687. The molecule has 1 fully saturated rings. The first kappa shape index (κ1) is 15.8. The highest BCUT2D eigenvalue weighted by atomic mass is 32.2. The topological polar surface area (TPSA) is 64.1 Å². The Morgan fingerprint density at radius 2 is 1.83 bits per heavy atom. The maximum atomic E-state index is 12.2. The molecule has 0 amide bonds. The van der Waals surface area contributed by atoms with Gasteiger partial charge in [0.15, 0.2) is 0 Å². The molecule has 1 heterocycles. The molecule has 0 saturated carbocycles. The largest absolute Gasteiger partial charge is 0.395 e. The van der Waals surface area contributed by atoms with Crippen molar-refractivity contribution in [2.45, 2.75) is 19.8 Å². The summed E-state index contributed by atoms with van der Waals surface area (Å²) in [6, 6.07) is 0. The van der Waals surface area contributed by atoms with Crippen molar-refractivity contribution in [1.82, 2.24) is 13.5 Å². The van der Waals surface area contributed by atoms with E-state index < -0.39 is 10.2 Å². The Balaban J connectivity index is 2.49. The van der Waals surface area contributed by atoms with E-state index in [1.807, 2.05) is 6.92 Å². The summed E-state index contributed by atoms with van der Waals surface area (Å²) in [5.74, 6) is 0. The van der Waals surface area contributed by atoms with Crippen LogP contribution in [-0.2, 0) is 10.2 Å². The molecular formula is C11H25N3O3S. The third kappa shape index (κ3) is 4.17. The van der Waals surface area contributed by atoms with Gasteiger partial charge < -0.3 is 5.11 Å². The summed E-state index contributed by atoms with van der Waals surface area (Å²) in [5, 5.41) is 8.85. The van der Waals surface area contributed by atoms with E-state index in [0.717, 1.165) is 12.8 Å². The zero-order valence-corrected chi connectivity index (χ0v) is 12.2. The van der Waals surface area contributed by atoms with Crippen molar-refractivity contribution in [3.05, 3.63) is 0 Å². The van der Waals surface area contributed by atoms with Crippen LogP contribution in [0.5, 0.6) is 0 Å². The average molecular weight is 279 g/mol. The highest BCUT2D eigenvalue weighted by Crippen LogP contribution is 2.11. The standard InChI is InChI=1S/C11H25N3O3S/c1-3-4-5-12(2)18(16,17)14-8-6-13(7-9-14)10-11-15/h15H,3-11H2,1-2H3. The van der Waals surface area contributed by atoms with Crippen molar-refractivity contribution < 1.29 is 13.5 Å². The van der Waals surface area contributed by atoms with Crippen molar-refractivity contribution in [2.24, 2.45) is 0 Å². The molecule has 0 aromatic rings. The van der Waals surface area contributed by atoms with Crippen LogP contribution in [0.1, 0.15) is 19.8 Å². The van der Waals surface area contributed by atoms with Crippen LogP contribution in [0.2, 0.25) is 0 Å². The molecule has 7 heteroatoms. The predicted octanol–water partition coefficient (Wildman–Crippen LogP) is -0.427. The second-order valence-electron chi connectivity index (χ2n) is 4.65. The van der Waals surface area contributed by atoms with E-state index in [-0.39, 0.29) is 6.61 Å². The molecule has 0 aromatic carbocycles. The first-order valence-corrected chi connectivity index (χ1v) is 7.96. The maximum Gasteiger partial charge on any atom is 0.281 e. The zero-order chi connectivity index (χ0) is 13.6. The summed E-state index contributed by atoms with van der Waals surface area (Å²) in [6.07, 6.45) is 1.88. The number of β-amino-alcohol motifs (C(OH)–C–C–N with tert-alkyl or cyclic N) is 1. The molecule has 0 bridgehead atoms. The fourth-order valence-electron chi connectivity index (χ4n) is 2.02. The summed E-state index contributed by atoms with van der Waals surface area (Å²) in [4.78, 5) is 2.08. The van der Waals surface area contributed by atoms with Crippen LogP contribution in [-0.4, -0.2) is 80.0 Å². The minimum atomic E-state index is -3.30. The Bertz CT molecular complexity index is 326. The second kappa shape index (κ2) is 7.40. The second-order valence-corrected chi connectivity index (χ2v) is 6.68. The molecule has 0 atom stereocenters. The van der Waals surface area contributed by atoms with Crippen molar-refractivity contribution in [3.8, 4) is 0 Å². The number of rotatable bonds is 7. The van der Waals surface area contributed by atoms with E-state index in [1.165, 1.54) is 8.61 Å². The van der Waals surface area contributed by atoms with Gasteiger partial charge in [0.2, 0.25) is 0 Å². The van der Waals surface area contributed by atoms with Gasteiger partial charge in [0.25, 0.3) is 10.2 Å². The molecule has 1 rings (SSSR count). The lowest BCUT2D eigenvalue weighted by Crippen LogP contribution is -2.52. The molecule has 18 heavy (non-hydrogen) atoms. The molecule has 0 aliphatic carbocycles. The minimum Gasteiger partial charge on any atom is -0.395 e. The van der Waals surface area contributed by atoms with Crippen molar-refractivity contribution in [2.75, 3.05) is 52.9 Å². The third-order valence-corrected chi connectivity index (χ3v) is 5.28. The minimum absolute atomic E-state index is 0.128. The van der Waals surface area contributed by atoms with E-state index in [9.17, 15) is 8.42 Å². The first-order chi connectivity index (χ1) is 8.52. The van der Waals surface area contributed by atoms with Gasteiger partial charge in [-0.2, -0.15) is 17.0 Å². The number of unbranched alkanes of at least 4 members (excludes halogenated alkanes) is 1. The number of nitrogens with zero attached hydrogens (tertiary/aromatic N) is 3. The van der Waals surface area contributed by atoms with Gasteiger partial charge in [-0.25, -0.2) is 0 Å². The Morgan fingerprint density at radius 1 is 1.22 bits per heavy atom. The number of aliphatic hydroxyl groups is 1. The van der Waals surface area contributed by atoms with Crippen LogP contribution in [0.4, 0.5) is 0 Å². The number of hydrogen-bond donors (Lipinski definition) is 1. The maximum absolute atomic E-state index is 12.2. The predicted molar refractivity (Wildman–Crippen MR) is 71.6 cm³/mol. The SMILES string of the molecule is CCCCN(C)S(=O)(=O)N1CCN(CCO)CC1. The monoisotopic (exact) mass is 279 g/mol. The molecule has 0 unspecified atom stereocenters. The third-order valence-electron chi connectivity index (χ3n) is 3.29. The van der Waals surface area contributed by atoms with Crippen molar-refractivity contribution in [1.29, 1.82) is 0 Å². The number of hydrogen-bond acceptors (Lipinski definition) is 4. The molecule has 1 saturated heterocycles. The molecule has 108 valence electrons. The van der Waals surface area contributed by atoms with Gasteiger partial charge in [-0.05, 0) is 6.42 Å². The molecule has 0 spiro atoms. The lowest BCUT2D eigenvalue weighted by Gasteiger charge is -2.35. The summed E-state index contributed by atoms with van der Waals surface area (Å²) in [6.45, 7) is 5.80. The molecule has 1 aliphatic rings. The van der Waals surface area contributed by atoms with Crippen LogP contribution in [0.15, 0.2) is 0 Å². The van der Waals surface area contributed by atoms with Crippen molar-refractivity contribution >= 4 is 10.2 Å². The first-order valence-electron chi connectivity index (χ1n) is 6.57. The van der Waals surface area contributed by atoms with E-state index in [2.05, 4.69) is 4.90 Å². The molecule has 6 nitrogen and oxygen atoms in total. The van der Waals surface area contributed by atoms with Crippen LogP contribution >= 0.6 is 0 Å². The van der Waals surface area contributed by atoms with Gasteiger partial charge in [-0.3, -0.25) is 4.90 Å². The lowest BCUT2D eigenvalue weighted by molar-refractivity contribution is 0.148. The van der Waals surface area contributed by atoms with Gasteiger partial charge >= 0.3 is 0 Å². The van der Waals surface area contributed by atoms with Gasteiger partial charge in [0.1, 0.15) is 0 Å². The van der Waals surface area contributed by atoms with E-state index >= 15 is 0 Å². The summed E-state index contributed by atoms with van der Waals surface area (Å²) in [5.41, 5.74) is 0. The Hall–Kier alpha value is -0.210. The number of piperazine rings is 1. The average Bonchev–Trinajstić information content (AvgIpc) is 2.37. The zero-order valence-electron chi connectivity index (χ0n) is 11.4. The smallest absolute Gasteiger partial charge is 0.281 e. The fourth-order valence-corrected chi connectivity index (χ4v) is 3.40. The van der Waals surface area contributed by atoms with Crippen LogP contribution in [0, 0.1) is 0 Å². The molecule has 0 aromatic heterocycles. The Labute approximate surface area is 110 Å². The van der Waals surface area contributed by atoms with E-state index in [1.54, 1.807) is 7.05 Å². The highest BCUT2D eigenvalue weighted by Gasteiger charge is 2.29. The molecule has 1 aliphatic heterocycles. The summed E-state index contributed by atoms with van der Waals surface area (Å²) in [7, 11) is -1.65. The van der Waals surface area contributed by atoms with Crippen LogP contribution in [0.3, 0.4) is 0 Å². The Kier molecular flexibility index (Phi) is 6.51. The number of aliphatic hydroxyl groups excluding tert-OH is 1. The lowest BCUT2D eigenvalue weighted by atomic mass is 10.3. The molecule has 0 radical (unpaired) electrons. The Morgan fingerprint density at radius 3 is 2.33 bits per heavy atom. The van der Waals surface area contributed by atoms with Gasteiger partial charge in [-0.1, -0.05) is 13.3 Å². The normalized spacial score (nSPS) is 19.6. The van der Waals surface area contributed by atoms with E-state index in [0.29, 0.717) is 39.3 Å². The van der Waals surface area contributed by atoms with Crippen LogP contribution < -0.4 is 0 Å². The fraction of sp³-hybridized carbons (Fsp3) is 1.00.